The molecule has 8 heteroatoms. The van der Waals surface area contributed by atoms with Crippen LogP contribution in [0.1, 0.15) is 21.5 Å². The summed E-state index contributed by atoms with van der Waals surface area (Å²) >= 11 is 0. The molecule has 0 saturated heterocycles. The van der Waals surface area contributed by atoms with Crippen LogP contribution in [0.15, 0.2) is 48.5 Å². The highest BCUT2D eigenvalue weighted by Gasteiger charge is 2.28. The highest BCUT2D eigenvalue weighted by molar-refractivity contribution is 7.92. The van der Waals surface area contributed by atoms with Gasteiger partial charge in [0.2, 0.25) is 10.0 Å². The zero-order valence-electron chi connectivity index (χ0n) is 15.8. The predicted molar refractivity (Wildman–Crippen MR) is 106 cm³/mol. The second-order valence-corrected chi connectivity index (χ2v) is 8.56. The Labute approximate surface area is 164 Å². The number of methoxy groups -OCH3 is 1. The molecule has 1 amide bonds. The van der Waals surface area contributed by atoms with Crippen LogP contribution in [0.2, 0.25) is 0 Å². The molecule has 0 aromatic heterocycles. The molecule has 0 radical (unpaired) electrons. The first kappa shape index (κ1) is 19.9. The van der Waals surface area contributed by atoms with E-state index in [0.29, 0.717) is 24.2 Å². The third-order valence-electron chi connectivity index (χ3n) is 4.63. The van der Waals surface area contributed by atoms with E-state index in [-0.39, 0.29) is 19.0 Å². The number of fused-ring (bicyclic) bond motifs is 1. The predicted octanol–water partition coefficient (Wildman–Crippen LogP) is 1.82. The first-order chi connectivity index (χ1) is 13.3. The van der Waals surface area contributed by atoms with Crippen molar-refractivity contribution in [1.29, 1.82) is 0 Å². The monoisotopic (exact) mass is 402 g/mol. The summed E-state index contributed by atoms with van der Waals surface area (Å²) in [4.78, 5) is 26.3. The summed E-state index contributed by atoms with van der Waals surface area (Å²) < 4.78 is 29.8. The second kappa shape index (κ2) is 8.02. The van der Waals surface area contributed by atoms with Gasteiger partial charge in [0.05, 0.1) is 19.1 Å². The Bertz CT molecular complexity index is 989. The van der Waals surface area contributed by atoms with Gasteiger partial charge >= 0.3 is 5.97 Å². The lowest BCUT2D eigenvalue weighted by molar-refractivity contribution is -0.141. The number of esters is 1. The normalized spacial score (nSPS) is 13.1. The molecule has 1 aliphatic rings. The van der Waals surface area contributed by atoms with Crippen LogP contribution < -0.4 is 4.31 Å². The standard InChI is InChI=1S/C20H22N2O5S/c1-27-19(23)14-21(13-15-6-4-3-5-7-15)20(24)17-8-9-18-16(12-17)10-11-22(18)28(2,25)26/h3-9,12H,10-11,13-14H2,1-2H3. The third-order valence-corrected chi connectivity index (χ3v) is 5.81. The average molecular weight is 402 g/mol. The quantitative estimate of drug-likeness (QED) is 0.689. The minimum absolute atomic E-state index is 0.170. The van der Waals surface area contributed by atoms with Crippen molar-refractivity contribution in [3.05, 3.63) is 65.2 Å². The summed E-state index contributed by atoms with van der Waals surface area (Å²) in [6.45, 7) is 0.458. The van der Waals surface area contributed by atoms with Crippen LogP contribution >= 0.6 is 0 Å². The number of hydrogen-bond donors (Lipinski definition) is 0. The van der Waals surface area contributed by atoms with Gasteiger partial charge in [0.1, 0.15) is 6.54 Å². The highest BCUT2D eigenvalue weighted by Crippen LogP contribution is 2.31. The number of carbonyl (C=O) groups excluding carboxylic acids is 2. The van der Waals surface area contributed by atoms with Crippen LogP contribution in [0, 0.1) is 0 Å². The lowest BCUT2D eigenvalue weighted by Crippen LogP contribution is -2.35. The number of ether oxygens (including phenoxy) is 1. The average Bonchev–Trinajstić information content (AvgIpc) is 3.11. The molecular weight excluding hydrogens is 380 g/mol. The van der Waals surface area contributed by atoms with Crippen molar-refractivity contribution >= 4 is 27.6 Å². The van der Waals surface area contributed by atoms with Crippen molar-refractivity contribution in [2.24, 2.45) is 0 Å². The molecule has 2 aromatic carbocycles. The summed E-state index contributed by atoms with van der Waals surface area (Å²) in [5.41, 5.74) is 2.70. The van der Waals surface area contributed by atoms with Crippen molar-refractivity contribution in [1.82, 2.24) is 4.90 Å². The van der Waals surface area contributed by atoms with Gasteiger partial charge in [-0.15, -0.1) is 0 Å². The third kappa shape index (κ3) is 4.33. The first-order valence-electron chi connectivity index (χ1n) is 8.80. The van der Waals surface area contributed by atoms with Gasteiger partial charge in [0, 0.05) is 18.7 Å². The number of benzene rings is 2. The first-order valence-corrected chi connectivity index (χ1v) is 10.6. The minimum atomic E-state index is -3.35. The molecule has 0 unspecified atom stereocenters. The van der Waals surface area contributed by atoms with Crippen molar-refractivity contribution in [2.75, 3.05) is 30.8 Å². The van der Waals surface area contributed by atoms with E-state index in [1.165, 1.54) is 22.6 Å². The van der Waals surface area contributed by atoms with E-state index < -0.39 is 16.0 Å². The topological polar surface area (TPSA) is 84.0 Å². The SMILES string of the molecule is COC(=O)CN(Cc1ccccc1)C(=O)c1ccc2c(c1)CCN2S(C)(=O)=O. The lowest BCUT2D eigenvalue weighted by Gasteiger charge is -2.22. The number of carbonyl (C=O) groups is 2. The fraction of sp³-hybridized carbons (Fsp3) is 0.300. The van der Waals surface area contributed by atoms with E-state index in [1.54, 1.807) is 18.2 Å². The lowest BCUT2D eigenvalue weighted by atomic mass is 10.1. The van der Waals surface area contributed by atoms with E-state index in [4.69, 9.17) is 4.74 Å². The van der Waals surface area contributed by atoms with Gasteiger partial charge in [0.25, 0.3) is 5.91 Å². The molecule has 3 rings (SSSR count). The molecular formula is C20H22N2O5S. The van der Waals surface area contributed by atoms with E-state index >= 15 is 0 Å². The molecule has 1 heterocycles. The van der Waals surface area contributed by atoms with E-state index in [2.05, 4.69) is 0 Å². The van der Waals surface area contributed by atoms with Gasteiger partial charge in [-0.05, 0) is 35.7 Å². The molecule has 0 atom stereocenters. The van der Waals surface area contributed by atoms with Gasteiger partial charge in [-0.25, -0.2) is 8.42 Å². The molecule has 148 valence electrons. The largest absolute Gasteiger partial charge is 0.468 e. The second-order valence-electron chi connectivity index (χ2n) is 6.65. The molecule has 0 spiro atoms. The molecule has 0 bridgehead atoms. The summed E-state index contributed by atoms with van der Waals surface area (Å²) in [7, 11) is -2.07. The maximum Gasteiger partial charge on any atom is 0.325 e. The molecule has 0 fully saturated rings. The van der Waals surface area contributed by atoms with E-state index in [1.807, 2.05) is 30.3 Å². The number of hydrogen-bond acceptors (Lipinski definition) is 5. The Morgan fingerprint density at radius 1 is 1.14 bits per heavy atom. The highest BCUT2D eigenvalue weighted by atomic mass is 32.2. The number of nitrogens with zero attached hydrogens (tertiary/aromatic N) is 2. The Morgan fingerprint density at radius 2 is 1.86 bits per heavy atom. The van der Waals surface area contributed by atoms with Crippen molar-refractivity contribution in [3.63, 3.8) is 0 Å². The van der Waals surface area contributed by atoms with Crippen LogP contribution in [-0.2, 0) is 32.5 Å². The molecule has 0 saturated carbocycles. The molecule has 2 aromatic rings. The minimum Gasteiger partial charge on any atom is -0.468 e. The van der Waals surface area contributed by atoms with Crippen LogP contribution in [0.4, 0.5) is 5.69 Å². The maximum absolute atomic E-state index is 13.1. The fourth-order valence-electron chi connectivity index (χ4n) is 3.26. The van der Waals surface area contributed by atoms with Crippen molar-refractivity contribution in [2.45, 2.75) is 13.0 Å². The number of amides is 1. The summed E-state index contributed by atoms with van der Waals surface area (Å²) in [5.74, 6) is -0.816. The Balaban J connectivity index is 1.87. The number of sulfonamides is 1. The van der Waals surface area contributed by atoms with Crippen LogP contribution in [-0.4, -0.2) is 51.6 Å². The smallest absolute Gasteiger partial charge is 0.325 e. The summed E-state index contributed by atoms with van der Waals surface area (Å²) in [6, 6.07) is 14.3. The van der Waals surface area contributed by atoms with Gasteiger partial charge in [0.15, 0.2) is 0 Å². The molecule has 7 nitrogen and oxygen atoms in total. The van der Waals surface area contributed by atoms with E-state index in [9.17, 15) is 18.0 Å². The molecule has 0 aliphatic carbocycles. The number of anilines is 1. The zero-order valence-corrected chi connectivity index (χ0v) is 16.6. The zero-order chi connectivity index (χ0) is 20.3. The van der Waals surface area contributed by atoms with Crippen LogP contribution in [0.25, 0.3) is 0 Å². The Kier molecular flexibility index (Phi) is 5.69. The van der Waals surface area contributed by atoms with E-state index in [0.717, 1.165) is 11.1 Å². The Morgan fingerprint density at radius 3 is 2.50 bits per heavy atom. The van der Waals surface area contributed by atoms with Crippen LogP contribution in [0.5, 0.6) is 0 Å². The van der Waals surface area contributed by atoms with Crippen molar-refractivity contribution < 1.29 is 22.7 Å². The van der Waals surface area contributed by atoms with Crippen molar-refractivity contribution in [3.8, 4) is 0 Å². The van der Waals surface area contributed by atoms with Gasteiger partial charge in [-0.1, -0.05) is 30.3 Å². The van der Waals surface area contributed by atoms with Gasteiger partial charge in [-0.2, -0.15) is 0 Å². The fourth-order valence-corrected chi connectivity index (χ4v) is 4.21. The summed E-state index contributed by atoms with van der Waals surface area (Å²) in [5, 5.41) is 0. The van der Waals surface area contributed by atoms with Gasteiger partial charge < -0.3 is 9.64 Å². The molecule has 1 aliphatic heterocycles. The number of rotatable bonds is 6. The maximum atomic E-state index is 13.1. The van der Waals surface area contributed by atoms with Gasteiger partial charge in [-0.3, -0.25) is 13.9 Å². The molecule has 28 heavy (non-hydrogen) atoms. The Hall–Kier alpha value is -2.87. The molecule has 0 N–H and O–H groups in total. The summed E-state index contributed by atoms with van der Waals surface area (Å²) in [6.07, 6.45) is 1.71. The van der Waals surface area contributed by atoms with Crippen LogP contribution in [0.3, 0.4) is 0 Å².